The lowest BCUT2D eigenvalue weighted by atomic mass is 9.78. The van der Waals surface area contributed by atoms with Gasteiger partial charge in [-0.25, -0.2) is 12.7 Å². The molecule has 0 bridgehead atoms. The molecule has 0 amide bonds. The fraction of sp³-hybridized carbons (Fsp3) is 0.722. The van der Waals surface area contributed by atoms with Crippen molar-refractivity contribution in [3.63, 3.8) is 0 Å². The summed E-state index contributed by atoms with van der Waals surface area (Å²) in [5.74, 6) is 0.629. The van der Waals surface area contributed by atoms with Gasteiger partial charge in [-0.05, 0) is 56.2 Å². The Morgan fingerprint density at radius 1 is 1.32 bits per heavy atom. The Morgan fingerprint density at radius 2 is 2.04 bits per heavy atom. The predicted molar refractivity (Wildman–Crippen MR) is 95.6 cm³/mol. The first-order valence-electron chi connectivity index (χ1n) is 9.14. The summed E-state index contributed by atoms with van der Waals surface area (Å²) in [6.07, 6.45) is 7.14. The van der Waals surface area contributed by atoms with Crippen LogP contribution in [0.2, 0.25) is 0 Å². The summed E-state index contributed by atoms with van der Waals surface area (Å²) in [6.45, 7) is 4.93. The van der Waals surface area contributed by atoms with Gasteiger partial charge in [0.25, 0.3) is 0 Å². The van der Waals surface area contributed by atoms with Gasteiger partial charge in [-0.3, -0.25) is 4.98 Å². The molecule has 2 aliphatic heterocycles. The van der Waals surface area contributed by atoms with E-state index in [-0.39, 0.29) is 11.4 Å². The van der Waals surface area contributed by atoms with Crippen molar-refractivity contribution in [1.29, 1.82) is 0 Å². The first-order valence-corrected chi connectivity index (χ1v) is 10.7. The zero-order chi connectivity index (χ0) is 17.8. The number of pyridine rings is 1. The van der Waals surface area contributed by atoms with Crippen molar-refractivity contribution in [3.8, 4) is 0 Å². The van der Waals surface area contributed by atoms with Gasteiger partial charge in [0.15, 0.2) is 0 Å². The molecular formula is C18H28N2O4S. The Balaban J connectivity index is 1.48. The Bertz CT molecular complexity index is 642. The highest BCUT2D eigenvalue weighted by atomic mass is 32.2. The molecule has 1 spiro atoms. The molecule has 2 aliphatic rings. The van der Waals surface area contributed by atoms with Crippen molar-refractivity contribution in [2.24, 2.45) is 5.92 Å². The topological polar surface area (TPSA) is 68.7 Å². The smallest absolute Gasteiger partial charge is 0.213 e. The van der Waals surface area contributed by atoms with Gasteiger partial charge < -0.3 is 9.47 Å². The molecule has 0 unspecified atom stereocenters. The first kappa shape index (κ1) is 18.8. The van der Waals surface area contributed by atoms with Crippen LogP contribution < -0.4 is 0 Å². The number of aromatic nitrogens is 1. The summed E-state index contributed by atoms with van der Waals surface area (Å²) in [5, 5.41) is 0. The van der Waals surface area contributed by atoms with Crippen molar-refractivity contribution in [2.75, 3.05) is 32.1 Å². The molecule has 1 atom stereocenters. The Hall–Kier alpha value is -1.02. The molecule has 0 radical (unpaired) electrons. The van der Waals surface area contributed by atoms with Gasteiger partial charge >= 0.3 is 0 Å². The van der Waals surface area contributed by atoms with E-state index in [1.807, 2.05) is 12.1 Å². The molecule has 140 valence electrons. The fourth-order valence-corrected chi connectivity index (χ4v) is 5.07. The lowest BCUT2D eigenvalue weighted by molar-refractivity contribution is -0.0618. The number of nitrogens with zero attached hydrogens (tertiary/aromatic N) is 2. The second kappa shape index (κ2) is 8.12. The average Bonchev–Trinajstić information content (AvgIpc) is 3.02. The zero-order valence-electron chi connectivity index (χ0n) is 14.9. The minimum absolute atomic E-state index is 0.153. The van der Waals surface area contributed by atoms with E-state index in [1.54, 1.807) is 23.6 Å². The van der Waals surface area contributed by atoms with E-state index in [0.717, 1.165) is 37.9 Å². The van der Waals surface area contributed by atoms with E-state index in [0.29, 0.717) is 32.2 Å². The summed E-state index contributed by atoms with van der Waals surface area (Å²) in [7, 11) is -3.09. The zero-order valence-corrected chi connectivity index (χ0v) is 15.7. The van der Waals surface area contributed by atoms with Gasteiger partial charge in [0.05, 0.1) is 18.0 Å². The second-order valence-electron chi connectivity index (χ2n) is 6.90. The lowest BCUT2D eigenvalue weighted by Crippen LogP contribution is -2.49. The molecular weight excluding hydrogens is 340 g/mol. The third kappa shape index (κ3) is 4.39. The molecule has 0 aromatic carbocycles. The predicted octanol–water partition coefficient (Wildman–Crippen LogP) is 2.21. The number of piperidine rings is 1. The Morgan fingerprint density at radius 3 is 2.72 bits per heavy atom. The van der Waals surface area contributed by atoms with E-state index in [9.17, 15) is 8.42 Å². The molecule has 1 aromatic rings. The maximum Gasteiger partial charge on any atom is 0.213 e. The number of sulfonamides is 1. The highest BCUT2D eigenvalue weighted by molar-refractivity contribution is 7.89. The molecule has 25 heavy (non-hydrogen) atoms. The highest BCUT2D eigenvalue weighted by Gasteiger charge is 2.47. The number of hydrogen-bond donors (Lipinski definition) is 0. The van der Waals surface area contributed by atoms with Crippen LogP contribution in [0.3, 0.4) is 0 Å². The van der Waals surface area contributed by atoms with Crippen LogP contribution in [0.25, 0.3) is 0 Å². The number of hydrogen-bond acceptors (Lipinski definition) is 5. The van der Waals surface area contributed by atoms with Gasteiger partial charge in [0, 0.05) is 38.7 Å². The summed E-state index contributed by atoms with van der Waals surface area (Å²) in [4.78, 5) is 4.00. The van der Waals surface area contributed by atoms with Crippen LogP contribution in [-0.2, 0) is 26.1 Å². The second-order valence-corrected chi connectivity index (χ2v) is 9.15. The van der Waals surface area contributed by atoms with Crippen LogP contribution in [0.4, 0.5) is 0 Å². The summed E-state index contributed by atoms with van der Waals surface area (Å²) >= 11 is 0. The van der Waals surface area contributed by atoms with E-state index in [1.165, 1.54) is 0 Å². The molecule has 2 fully saturated rings. The molecule has 3 heterocycles. The maximum atomic E-state index is 12.0. The lowest BCUT2D eigenvalue weighted by Gasteiger charge is -2.41. The highest BCUT2D eigenvalue weighted by Crippen LogP contribution is 2.42. The van der Waals surface area contributed by atoms with Crippen LogP contribution >= 0.6 is 0 Å². The molecule has 6 nitrogen and oxygen atoms in total. The van der Waals surface area contributed by atoms with Crippen LogP contribution in [0.5, 0.6) is 0 Å². The molecule has 0 N–H and O–H groups in total. The van der Waals surface area contributed by atoms with Gasteiger partial charge in [-0.2, -0.15) is 0 Å². The molecule has 2 saturated heterocycles. The molecule has 7 heteroatoms. The quantitative estimate of drug-likeness (QED) is 0.690. The van der Waals surface area contributed by atoms with Crippen molar-refractivity contribution in [2.45, 2.75) is 44.8 Å². The van der Waals surface area contributed by atoms with Crippen molar-refractivity contribution in [1.82, 2.24) is 9.29 Å². The van der Waals surface area contributed by atoms with E-state index in [4.69, 9.17) is 9.47 Å². The summed E-state index contributed by atoms with van der Waals surface area (Å²) in [5.41, 5.74) is 0.977. The molecule has 1 aromatic heterocycles. The third-order valence-corrected chi connectivity index (χ3v) is 7.44. The average molecular weight is 368 g/mol. The molecule has 3 rings (SSSR count). The third-order valence-electron chi connectivity index (χ3n) is 5.56. The Labute approximate surface area is 150 Å². The minimum Gasteiger partial charge on any atom is -0.377 e. The van der Waals surface area contributed by atoms with Crippen LogP contribution in [0.15, 0.2) is 24.5 Å². The van der Waals surface area contributed by atoms with Gasteiger partial charge in [-0.1, -0.05) is 0 Å². The van der Waals surface area contributed by atoms with Gasteiger partial charge in [0.2, 0.25) is 10.0 Å². The number of ether oxygens (including phenoxy) is 2. The van der Waals surface area contributed by atoms with Crippen LogP contribution in [-0.4, -0.2) is 55.4 Å². The maximum absolute atomic E-state index is 12.0. The summed E-state index contributed by atoms with van der Waals surface area (Å²) < 4.78 is 37.7. The van der Waals surface area contributed by atoms with E-state index >= 15 is 0 Å². The SMILES string of the molecule is CCS(=O)(=O)N1CCC2(CC1)OCC[C@@H]2CCOCc1ccncc1. The standard InChI is InChI=1S/C18H28N2O4S/c1-2-25(21,22)20-11-7-18(8-12-20)17(6-14-24-18)5-13-23-15-16-3-9-19-10-4-16/h3-4,9-10,17H,2,5-8,11-15H2,1H3/t17-/m0/s1. The number of rotatable bonds is 7. The largest absolute Gasteiger partial charge is 0.377 e. The van der Waals surface area contributed by atoms with E-state index in [2.05, 4.69) is 4.98 Å². The molecule has 0 saturated carbocycles. The minimum atomic E-state index is -3.09. The molecule has 0 aliphatic carbocycles. The van der Waals surface area contributed by atoms with Gasteiger partial charge in [0.1, 0.15) is 0 Å². The van der Waals surface area contributed by atoms with Gasteiger partial charge in [-0.15, -0.1) is 0 Å². The first-order chi connectivity index (χ1) is 12.1. The van der Waals surface area contributed by atoms with Crippen molar-refractivity contribution in [3.05, 3.63) is 30.1 Å². The van der Waals surface area contributed by atoms with E-state index < -0.39 is 10.0 Å². The summed E-state index contributed by atoms with van der Waals surface area (Å²) in [6, 6.07) is 3.92. The van der Waals surface area contributed by atoms with Crippen molar-refractivity contribution < 1.29 is 17.9 Å². The normalized spacial score (nSPS) is 24.0. The monoisotopic (exact) mass is 368 g/mol. The Kier molecular flexibility index (Phi) is 6.09. The van der Waals surface area contributed by atoms with Crippen molar-refractivity contribution >= 4 is 10.0 Å². The van der Waals surface area contributed by atoms with Crippen LogP contribution in [0.1, 0.15) is 38.2 Å². The fourth-order valence-electron chi connectivity index (χ4n) is 3.97. The van der Waals surface area contributed by atoms with Crippen LogP contribution in [0, 0.1) is 5.92 Å².